The Morgan fingerprint density at radius 3 is 2.75 bits per heavy atom. The number of nitrogens with one attached hydrogen (secondary N) is 1. The molecule has 1 aromatic heterocycles. The van der Waals surface area contributed by atoms with Crippen molar-refractivity contribution in [3.8, 4) is 5.69 Å². The maximum Gasteiger partial charge on any atom is 0.138 e. The molecular formula is C16H22N4. The van der Waals surface area contributed by atoms with E-state index in [9.17, 15) is 0 Å². The van der Waals surface area contributed by atoms with Crippen molar-refractivity contribution in [2.24, 2.45) is 5.92 Å². The molecule has 1 aromatic carbocycles. The van der Waals surface area contributed by atoms with Gasteiger partial charge in [0.25, 0.3) is 0 Å². The van der Waals surface area contributed by atoms with Crippen LogP contribution >= 0.6 is 0 Å². The molecule has 0 radical (unpaired) electrons. The Bertz CT molecular complexity index is 529. The minimum absolute atomic E-state index is 0.500. The third-order valence-corrected chi connectivity index (χ3v) is 4.31. The van der Waals surface area contributed by atoms with Crippen LogP contribution in [-0.2, 0) is 0 Å². The number of nitrogens with zero attached hydrogens (tertiary/aromatic N) is 3. The average Bonchev–Trinajstić information content (AvgIpc) is 3.03. The average molecular weight is 270 g/mol. The van der Waals surface area contributed by atoms with Crippen LogP contribution in [0.5, 0.6) is 0 Å². The fraction of sp³-hybridized carbons (Fsp3) is 0.500. The summed E-state index contributed by atoms with van der Waals surface area (Å²) in [5, 5.41) is 7.91. The van der Waals surface area contributed by atoms with Crippen LogP contribution in [0.25, 0.3) is 5.69 Å². The van der Waals surface area contributed by atoms with E-state index in [1.165, 1.54) is 32.1 Å². The number of aromatic nitrogens is 3. The molecule has 4 nitrogen and oxygen atoms in total. The lowest BCUT2D eigenvalue weighted by Crippen LogP contribution is -2.28. The van der Waals surface area contributed by atoms with Gasteiger partial charge in [-0.15, -0.1) is 0 Å². The minimum Gasteiger partial charge on any atom is -0.381 e. The molecule has 0 saturated heterocycles. The lowest BCUT2D eigenvalue weighted by atomic mass is 9.84. The Labute approximate surface area is 120 Å². The number of benzene rings is 1. The molecule has 106 valence electrons. The predicted octanol–water partition coefficient (Wildman–Crippen LogP) is 3.65. The predicted molar refractivity (Wildman–Crippen MR) is 81.0 cm³/mol. The Hall–Kier alpha value is -1.84. The molecule has 0 aliphatic heterocycles. The van der Waals surface area contributed by atoms with Crippen LogP contribution in [0, 0.1) is 5.92 Å². The van der Waals surface area contributed by atoms with Crippen molar-refractivity contribution < 1.29 is 0 Å². The van der Waals surface area contributed by atoms with Crippen LogP contribution in [0.15, 0.2) is 36.9 Å². The molecule has 1 aliphatic rings. The van der Waals surface area contributed by atoms with E-state index in [0.717, 1.165) is 17.3 Å². The molecule has 1 heterocycles. The van der Waals surface area contributed by atoms with Gasteiger partial charge in [0.15, 0.2) is 0 Å². The largest absolute Gasteiger partial charge is 0.381 e. The maximum absolute atomic E-state index is 4.23. The van der Waals surface area contributed by atoms with Crippen molar-refractivity contribution >= 4 is 5.69 Å². The summed E-state index contributed by atoms with van der Waals surface area (Å²) in [7, 11) is 0. The van der Waals surface area contributed by atoms with Crippen molar-refractivity contribution in [1.29, 1.82) is 0 Å². The summed E-state index contributed by atoms with van der Waals surface area (Å²) < 4.78 is 1.82. The Balaban J connectivity index is 1.77. The van der Waals surface area contributed by atoms with Crippen LogP contribution in [-0.4, -0.2) is 20.8 Å². The van der Waals surface area contributed by atoms with Gasteiger partial charge >= 0.3 is 0 Å². The van der Waals surface area contributed by atoms with Crippen LogP contribution in [0.1, 0.15) is 39.0 Å². The van der Waals surface area contributed by atoms with Gasteiger partial charge < -0.3 is 5.32 Å². The van der Waals surface area contributed by atoms with E-state index in [2.05, 4.69) is 40.5 Å². The van der Waals surface area contributed by atoms with Crippen LogP contribution < -0.4 is 5.32 Å². The molecule has 20 heavy (non-hydrogen) atoms. The zero-order valence-corrected chi connectivity index (χ0v) is 12.0. The second-order valence-corrected chi connectivity index (χ2v) is 5.69. The van der Waals surface area contributed by atoms with Gasteiger partial charge in [-0.3, -0.25) is 0 Å². The van der Waals surface area contributed by atoms with Gasteiger partial charge in [-0.1, -0.05) is 31.4 Å². The normalized spacial score (nSPS) is 17.9. The molecular weight excluding hydrogens is 248 g/mol. The van der Waals surface area contributed by atoms with Gasteiger partial charge in [-0.05, 0) is 37.8 Å². The van der Waals surface area contributed by atoms with Gasteiger partial charge in [-0.25, -0.2) is 9.67 Å². The molecule has 4 heteroatoms. The fourth-order valence-electron chi connectivity index (χ4n) is 3.13. The molecule has 1 unspecified atom stereocenters. The molecule has 1 N–H and O–H groups in total. The zero-order valence-electron chi connectivity index (χ0n) is 12.0. The standard InChI is InChI=1S/C16H22N4/c1-13(14-7-3-2-4-8-14)19-15-9-5-6-10-16(15)20-12-17-11-18-20/h5-6,9-14,19H,2-4,7-8H2,1H3. The van der Waals surface area contributed by atoms with Crippen LogP contribution in [0.4, 0.5) is 5.69 Å². The molecule has 3 rings (SSSR count). The Kier molecular flexibility index (Phi) is 4.00. The van der Waals surface area contributed by atoms with Gasteiger partial charge in [0.1, 0.15) is 12.7 Å². The van der Waals surface area contributed by atoms with Crippen molar-refractivity contribution in [2.75, 3.05) is 5.32 Å². The molecule has 1 fully saturated rings. The second kappa shape index (κ2) is 6.07. The number of hydrogen-bond donors (Lipinski definition) is 1. The van der Waals surface area contributed by atoms with E-state index >= 15 is 0 Å². The van der Waals surface area contributed by atoms with Crippen LogP contribution in [0.2, 0.25) is 0 Å². The molecule has 2 aromatic rings. The summed E-state index contributed by atoms with van der Waals surface area (Å²) in [5.74, 6) is 0.785. The Morgan fingerprint density at radius 1 is 1.20 bits per heavy atom. The summed E-state index contributed by atoms with van der Waals surface area (Å²) in [5.41, 5.74) is 2.20. The lowest BCUT2D eigenvalue weighted by molar-refractivity contribution is 0.328. The highest BCUT2D eigenvalue weighted by Gasteiger charge is 2.20. The van der Waals surface area contributed by atoms with E-state index in [1.807, 2.05) is 10.7 Å². The second-order valence-electron chi connectivity index (χ2n) is 5.69. The fourth-order valence-corrected chi connectivity index (χ4v) is 3.13. The monoisotopic (exact) mass is 270 g/mol. The minimum atomic E-state index is 0.500. The molecule has 1 atom stereocenters. The first-order valence-corrected chi connectivity index (χ1v) is 7.55. The first-order valence-electron chi connectivity index (χ1n) is 7.55. The summed E-state index contributed by atoms with van der Waals surface area (Å²) in [6.07, 6.45) is 10.2. The van der Waals surface area contributed by atoms with Gasteiger partial charge in [0, 0.05) is 6.04 Å². The zero-order chi connectivity index (χ0) is 13.8. The summed E-state index contributed by atoms with van der Waals surface area (Å²) in [6, 6.07) is 8.80. The topological polar surface area (TPSA) is 42.7 Å². The molecule has 0 amide bonds. The first-order chi connectivity index (χ1) is 9.84. The van der Waals surface area contributed by atoms with E-state index in [0.29, 0.717) is 6.04 Å². The number of anilines is 1. The molecule has 0 spiro atoms. The maximum atomic E-state index is 4.23. The van der Waals surface area contributed by atoms with Crippen molar-refractivity contribution in [3.05, 3.63) is 36.9 Å². The Morgan fingerprint density at radius 2 is 2.00 bits per heavy atom. The SMILES string of the molecule is CC(Nc1ccccc1-n1cncn1)C1CCCCC1. The van der Waals surface area contributed by atoms with E-state index in [-0.39, 0.29) is 0 Å². The van der Waals surface area contributed by atoms with E-state index in [1.54, 1.807) is 12.7 Å². The molecule has 1 saturated carbocycles. The van der Waals surface area contributed by atoms with Crippen molar-refractivity contribution in [2.45, 2.75) is 45.1 Å². The highest BCUT2D eigenvalue weighted by Crippen LogP contribution is 2.29. The summed E-state index contributed by atoms with van der Waals surface area (Å²) >= 11 is 0. The van der Waals surface area contributed by atoms with Crippen molar-refractivity contribution in [3.63, 3.8) is 0 Å². The van der Waals surface area contributed by atoms with Crippen molar-refractivity contribution in [1.82, 2.24) is 14.8 Å². The lowest BCUT2D eigenvalue weighted by Gasteiger charge is -2.29. The summed E-state index contributed by atoms with van der Waals surface area (Å²) in [4.78, 5) is 4.03. The van der Waals surface area contributed by atoms with Crippen LogP contribution in [0.3, 0.4) is 0 Å². The van der Waals surface area contributed by atoms with Gasteiger partial charge in [0.05, 0.1) is 11.4 Å². The molecule has 0 bridgehead atoms. The third kappa shape index (κ3) is 2.84. The highest BCUT2D eigenvalue weighted by atomic mass is 15.3. The number of rotatable bonds is 4. The summed E-state index contributed by atoms with van der Waals surface area (Å²) in [6.45, 7) is 2.30. The quantitative estimate of drug-likeness (QED) is 0.922. The number of para-hydroxylation sites is 2. The number of hydrogen-bond acceptors (Lipinski definition) is 3. The molecule has 1 aliphatic carbocycles. The first kappa shape index (κ1) is 13.2. The smallest absolute Gasteiger partial charge is 0.138 e. The van der Waals surface area contributed by atoms with Gasteiger partial charge in [0.2, 0.25) is 0 Å². The third-order valence-electron chi connectivity index (χ3n) is 4.31. The highest BCUT2D eigenvalue weighted by molar-refractivity contribution is 5.60. The van der Waals surface area contributed by atoms with Gasteiger partial charge in [-0.2, -0.15) is 5.10 Å². The van der Waals surface area contributed by atoms with E-state index in [4.69, 9.17) is 0 Å². The van der Waals surface area contributed by atoms with E-state index < -0.39 is 0 Å².